The first-order chi connectivity index (χ1) is 16.1. The molecule has 5 aliphatic rings. The van der Waals surface area contributed by atoms with E-state index >= 15 is 0 Å². The van der Waals surface area contributed by atoms with Gasteiger partial charge in [-0.05, 0) is 82.3 Å². The number of halogens is 1. The smallest absolute Gasteiger partial charge is 0.132 e. The minimum atomic E-state index is -0.733. The number of nitrogens with one attached hydrogen (secondary N) is 2. The van der Waals surface area contributed by atoms with Gasteiger partial charge in [0, 0.05) is 44.3 Å². The standard InChI is InChI=1S/C27H50FN5/c1-20(2)22-16-21-8-6-11-29-27(21)26(17-22)32-13-7-12-31(14-15-32)19-25-24(28)18-33(30-25)23-9-4-3-5-10-23/h20-27,29-30H,3-19H2,1-2H3. The average molecular weight is 464 g/mol. The molecule has 5 nitrogen and oxygen atoms in total. The van der Waals surface area contributed by atoms with Crippen LogP contribution < -0.4 is 10.7 Å². The molecule has 33 heavy (non-hydrogen) atoms. The van der Waals surface area contributed by atoms with E-state index in [0.717, 1.165) is 43.9 Å². The average Bonchev–Trinajstić information content (AvgIpc) is 3.04. The van der Waals surface area contributed by atoms with E-state index in [0.29, 0.717) is 24.7 Å². The van der Waals surface area contributed by atoms with Crippen LogP contribution in [0.2, 0.25) is 0 Å². The number of alkyl halides is 1. The van der Waals surface area contributed by atoms with Gasteiger partial charge in [-0.3, -0.25) is 4.90 Å². The number of hydrogen-bond donors (Lipinski definition) is 2. The van der Waals surface area contributed by atoms with Gasteiger partial charge in [0.2, 0.25) is 0 Å². The first-order valence-electron chi connectivity index (χ1n) is 14.4. The fourth-order valence-corrected chi connectivity index (χ4v) is 7.80. The third-order valence-electron chi connectivity index (χ3n) is 9.85. The summed E-state index contributed by atoms with van der Waals surface area (Å²) in [5.74, 6) is 2.53. The molecule has 6 atom stereocenters. The lowest BCUT2D eigenvalue weighted by molar-refractivity contribution is 0.0340. The normalized spacial score (nSPS) is 40.7. The molecule has 0 spiro atoms. The topological polar surface area (TPSA) is 33.8 Å². The number of rotatable bonds is 5. The van der Waals surface area contributed by atoms with E-state index in [9.17, 15) is 4.39 Å². The van der Waals surface area contributed by atoms with E-state index in [4.69, 9.17) is 0 Å². The van der Waals surface area contributed by atoms with E-state index in [1.54, 1.807) is 0 Å². The van der Waals surface area contributed by atoms with Crippen LogP contribution in [0.3, 0.4) is 0 Å². The number of nitrogens with zero attached hydrogens (tertiary/aromatic N) is 3. The Morgan fingerprint density at radius 1 is 0.909 bits per heavy atom. The van der Waals surface area contributed by atoms with Crippen LogP contribution in [0.1, 0.15) is 78.1 Å². The zero-order valence-corrected chi connectivity index (χ0v) is 21.4. The summed E-state index contributed by atoms with van der Waals surface area (Å²) in [4.78, 5) is 5.39. The summed E-state index contributed by atoms with van der Waals surface area (Å²) in [6.45, 7) is 12.1. The summed E-state index contributed by atoms with van der Waals surface area (Å²) in [6, 6.07) is 1.91. The van der Waals surface area contributed by atoms with Crippen LogP contribution in [0.4, 0.5) is 4.39 Å². The number of hydrogen-bond acceptors (Lipinski definition) is 5. The maximum Gasteiger partial charge on any atom is 0.132 e. The summed E-state index contributed by atoms with van der Waals surface area (Å²) in [7, 11) is 0. The highest BCUT2D eigenvalue weighted by molar-refractivity contribution is 4.99. The van der Waals surface area contributed by atoms with Crippen LogP contribution in [-0.4, -0.2) is 91.0 Å². The number of fused-ring (bicyclic) bond motifs is 1. The molecule has 0 aromatic carbocycles. The van der Waals surface area contributed by atoms with Crippen molar-refractivity contribution in [3.8, 4) is 0 Å². The van der Waals surface area contributed by atoms with Gasteiger partial charge in [-0.15, -0.1) is 0 Å². The van der Waals surface area contributed by atoms with Crippen molar-refractivity contribution in [2.45, 2.75) is 108 Å². The third kappa shape index (κ3) is 5.77. The lowest BCUT2D eigenvalue weighted by Gasteiger charge is -2.50. The van der Waals surface area contributed by atoms with Crippen LogP contribution in [-0.2, 0) is 0 Å². The van der Waals surface area contributed by atoms with Crippen LogP contribution in [0.15, 0.2) is 0 Å². The third-order valence-corrected chi connectivity index (χ3v) is 9.85. The second kappa shape index (κ2) is 11.2. The molecule has 0 radical (unpaired) electrons. The maximum absolute atomic E-state index is 15.0. The molecule has 0 aromatic heterocycles. The van der Waals surface area contributed by atoms with Crippen molar-refractivity contribution in [3.63, 3.8) is 0 Å². The predicted molar refractivity (Wildman–Crippen MR) is 134 cm³/mol. The van der Waals surface area contributed by atoms with Gasteiger partial charge in [0.05, 0.1) is 6.04 Å². The molecule has 5 fully saturated rings. The molecule has 2 N–H and O–H groups in total. The molecule has 0 aromatic rings. The molecule has 3 heterocycles. The molecule has 2 aliphatic carbocycles. The van der Waals surface area contributed by atoms with E-state index in [1.165, 1.54) is 77.3 Å². The lowest BCUT2D eigenvalue weighted by Crippen LogP contribution is -2.60. The Bertz CT molecular complexity index is 611. The second-order valence-electron chi connectivity index (χ2n) is 12.3. The molecule has 190 valence electrons. The summed E-state index contributed by atoms with van der Waals surface area (Å²) in [6.07, 6.45) is 12.5. The second-order valence-corrected chi connectivity index (χ2v) is 12.3. The van der Waals surface area contributed by atoms with Crippen molar-refractivity contribution in [3.05, 3.63) is 0 Å². The quantitative estimate of drug-likeness (QED) is 0.650. The van der Waals surface area contributed by atoms with Gasteiger partial charge in [0.15, 0.2) is 0 Å². The summed E-state index contributed by atoms with van der Waals surface area (Å²) in [5.41, 5.74) is 3.60. The Balaban J connectivity index is 1.16. The molecular weight excluding hydrogens is 413 g/mol. The molecule has 2 saturated carbocycles. The zero-order chi connectivity index (χ0) is 22.8. The van der Waals surface area contributed by atoms with Crippen molar-refractivity contribution < 1.29 is 4.39 Å². The Labute approximate surface area is 202 Å². The molecule has 6 heteroatoms. The molecule has 3 saturated heterocycles. The van der Waals surface area contributed by atoms with Gasteiger partial charge in [-0.25, -0.2) is 14.8 Å². The van der Waals surface area contributed by atoms with E-state index in [1.807, 2.05) is 0 Å². The number of piperidine rings is 1. The van der Waals surface area contributed by atoms with E-state index in [2.05, 4.69) is 39.4 Å². The predicted octanol–water partition coefficient (Wildman–Crippen LogP) is 3.66. The molecule has 3 aliphatic heterocycles. The molecular formula is C27H50FN5. The van der Waals surface area contributed by atoms with Gasteiger partial charge in [0.1, 0.15) is 6.17 Å². The van der Waals surface area contributed by atoms with Gasteiger partial charge >= 0.3 is 0 Å². The van der Waals surface area contributed by atoms with Crippen LogP contribution in [0, 0.1) is 17.8 Å². The molecule has 5 rings (SSSR count). The molecule has 0 amide bonds. The van der Waals surface area contributed by atoms with Crippen molar-refractivity contribution in [1.29, 1.82) is 0 Å². The summed E-state index contributed by atoms with van der Waals surface area (Å²) >= 11 is 0. The Morgan fingerprint density at radius 3 is 2.58 bits per heavy atom. The minimum Gasteiger partial charge on any atom is -0.312 e. The lowest BCUT2D eigenvalue weighted by atomic mass is 9.68. The van der Waals surface area contributed by atoms with Crippen molar-refractivity contribution >= 4 is 0 Å². The van der Waals surface area contributed by atoms with Crippen LogP contribution in [0.25, 0.3) is 0 Å². The molecule has 6 unspecified atom stereocenters. The Hall–Kier alpha value is -0.270. The zero-order valence-electron chi connectivity index (χ0n) is 21.4. The minimum absolute atomic E-state index is 0.0251. The SMILES string of the molecule is CC(C)C1CC2CCCNC2C(N2CCCN(CC3NN(C4CCCCC4)CC3F)CC2)C1. The van der Waals surface area contributed by atoms with Crippen molar-refractivity contribution in [1.82, 2.24) is 25.6 Å². The highest BCUT2D eigenvalue weighted by Crippen LogP contribution is 2.40. The maximum atomic E-state index is 15.0. The fraction of sp³-hybridized carbons (Fsp3) is 1.00. The van der Waals surface area contributed by atoms with Gasteiger partial charge < -0.3 is 10.2 Å². The van der Waals surface area contributed by atoms with Crippen LogP contribution in [0.5, 0.6) is 0 Å². The number of hydrazine groups is 1. The van der Waals surface area contributed by atoms with Crippen molar-refractivity contribution in [2.24, 2.45) is 17.8 Å². The summed E-state index contributed by atoms with van der Waals surface area (Å²) < 4.78 is 15.0. The largest absolute Gasteiger partial charge is 0.312 e. The van der Waals surface area contributed by atoms with E-state index in [-0.39, 0.29) is 6.04 Å². The monoisotopic (exact) mass is 463 g/mol. The Kier molecular flexibility index (Phi) is 8.29. The molecule has 0 bridgehead atoms. The first-order valence-corrected chi connectivity index (χ1v) is 14.4. The highest BCUT2D eigenvalue weighted by Gasteiger charge is 2.43. The first kappa shape index (κ1) is 24.4. The van der Waals surface area contributed by atoms with Gasteiger partial charge in [-0.2, -0.15) is 0 Å². The highest BCUT2D eigenvalue weighted by atomic mass is 19.1. The van der Waals surface area contributed by atoms with Gasteiger partial charge in [0.25, 0.3) is 0 Å². The van der Waals surface area contributed by atoms with E-state index < -0.39 is 6.17 Å². The van der Waals surface area contributed by atoms with Crippen LogP contribution >= 0.6 is 0 Å². The fourth-order valence-electron chi connectivity index (χ4n) is 7.80. The van der Waals surface area contributed by atoms with Crippen molar-refractivity contribution in [2.75, 3.05) is 45.8 Å². The Morgan fingerprint density at radius 2 is 1.76 bits per heavy atom. The van der Waals surface area contributed by atoms with Gasteiger partial charge in [-0.1, -0.05) is 33.1 Å². The summed E-state index contributed by atoms with van der Waals surface area (Å²) in [5, 5.41) is 6.21.